The minimum atomic E-state index is -4.89. The lowest BCUT2D eigenvalue weighted by atomic mass is 10.1. The van der Waals surface area contributed by atoms with Crippen molar-refractivity contribution in [1.82, 2.24) is 9.55 Å². The Morgan fingerprint density at radius 1 is 0.895 bits per heavy atom. The maximum Gasteiger partial charge on any atom is 0.418 e. The van der Waals surface area contributed by atoms with E-state index < -0.39 is 29.2 Å². The molecule has 8 heteroatoms. The fourth-order valence-corrected chi connectivity index (χ4v) is 1.67. The van der Waals surface area contributed by atoms with E-state index in [9.17, 15) is 26.3 Å². The Labute approximate surface area is 103 Å². The van der Waals surface area contributed by atoms with Crippen molar-refractivity contribution in [3.05, 3.63) is 48.0 Å². The van der Waals surface area contributed by atoms with E-state index in [0.717, 1.165) is 24.8 Å². The average molecular weight is 280 g/mol. The summed E-state index contributed by atoms with van der Waals surface area (Å²) in [5, 5.41) is 0. The van der Waals surface area contributed by atoms with Gasteiger partial charge in [0.05, 0.1) is 23.1 Å². The molecule has 0 aliphatic heterocycles. The molecule has 0 atom stereocenters. The van der Waals surface area contributed by atoms with Crippen molar-refractivity contribution in [2.24, 2.45) is 0 Å². The maximum atomic E-state index is 12.8. The highest BCUT2D eigenvalue weighted by atomic mass is 19.4. The fourth-order valence-electron chi connectivity index (χ4n) is 1.67. The van der Waals surface area contributed by atoms with Crippen molar-refractivity contribution in [2.45, 2.75) is 12.4 Å². The molecule has 0 spiro atoms. The maximum absolute atomic E-state index is 12.8. The number of halogens is 6. The zero-order valence-corrected chi connectivity index (χ0v) is 9.13. The Morgan fingerprint density at radius 3 is 1.79 bits per heavy atom. The minimum Gasteiger partial charge on any atom is -0.305 e. The van der Waals surface area contributed by atoms with E-state index in [2.05, 4.69) is 4.98 Å². The lowest BCUT2D eigenvalue weighted by molar-refractivity contribution is -0.142. The Morgan fingerprint density at radius 2 is 1.42 bits per heavy atom. The number of benzene rings is 1. The summed E-state index contributed by atoms with van der Waals surface area (Å²) in [5.41, 5.74) is -3.69. The highest BCUT2D eigenvalue weighted by molar-refractivity contribution is 5.51. The zero-order chi connectivity index (χ0) is 14.3. The summed E-state index contributed by atoms with van der Waals surface area (Å²) in [4.78, 5) is 3.47. The van der Waals surface area contributed by atoms with Crippen molar-refractivity contribution in [3.63, 3.8) is 0 Å². The third-order valence-corrected chi connectivity index (χ3v) is 2.41. The van der Waals surface area contributed by atoms with Gasteiger partial charge >= 0.3 is 12.4 Å². The first-order chi connectivity index (χ1) is 8.71. The molecule has 19 heavy (non-hydrogen) atoms. The quantitative estimate of drug-likeness (QED) is 0.724. The number of rotatable bonds is 1. The van der Waals surface area contributed by atoms with Crippen LogP contribution in [0.2, 0.25) is 0 Å². The number of hydrogen-bond donors (Lipinski definition) is 0. The van der Waals surface area contributed by atoms with Crippen LogP contribution in [0.1, 0.15) is 11.1 Å². The van der Waals surface area contributed by atoms with Crippen LogP contribution in [-0.2, 0) is 12.4 Å². The summed E-state index contributed by atoms with van der Waals surface area (Å²) >= 11 is 0. The van der Waals surface area contributed by atoms with Crippen LogP contribution in [-0.4, -0.2) is 9.55 Å². The van der Waals surface area contributed by atoms with Gasteiger partial charge in [-0.3, -0.25) is 0 Å². The lowest BCUT2D eigenvalue weighted by Gasteiger charge is -2.18. The monoisotopic (exact) mass is 280 g/mol. The second-order valence-corrected chi connectivity index (χ2v) is 3.67. The molecule has 0 fully saturated rings. The smallest absolute Gasteiger partial charge is 0.305 e. The van der Waals surface area contributed by atoms with E-state index in [1.54, 1.807) is 0 Å². The van der Waals surface area contributed by atoms with Crippen molar-refractivity contribution in [3.8, 4) is 5.69 Å². The van der Waals surface area contributed by atoms with Crippen molar-refractivity contribution in [2.75, 3.05) is 0 Å². The molecule has 0 amide bonds. The first kappa shape index (κ1) is 13.4. The molecule has 0 aliphatic rings. The van der Waals surface area contributed by atoms with Crippen LogP contribution < -0.4 is 0 Å². The van der Waals surface area contributed by atoms with Gasteiger partial charge in [-0.05, 0) is 12.1 Å². The lowest BCUT2D eigenvalue weighted by Crippen LogP contribution is -2.17. The summed E-state index contributed by atoms with van der Waals surface area (Å²) < 4.78 is 77.5. The molecule has 1 heterocycles. The van der Waals surface area contributed by atoms with Gasteiger partial charge in [0.1, 0.15) is 0 Å². The zero-order valence-electron chi connectivity index (χ0n) is 9.13. The van der Waals surface area contributed by atoms with Crippen LogP contribution in [0.25, 0.3) is 5.69 Å². The van der Waals surface area contributed by atoms with Gasteiger partial charge in [0.15, 0.2) is 0 Å². The van der Waals surface area contributed by atoms with Gasteiger partial charge in [-0.1, -0.05) is 6.07 Å². The number of para-hydroxylation sites is 1. The van der Waals surface area contributed by atoms with Crippen LogP contribution in [0.15, 0.2) is 36.9 Å². The molecule has 2 aromatic rings. The molecule has 2 nitrogen and oxygen atoms in total. The summed E-state index contributed by atoms with van der Waals surface area (Å²) in [5.74, 6) is 0. The second kappa shape index (κ2) is 4.29. The van der Waals surface area contributed by atoms with Crippen LogP contribution in [0.5, 0.6) is 0 Å². The summed E-state index contributed by atoms with van der Waals surface area (Å²) in [6.07, 6.45) is -6.76. The van der Waals surface area contributed by atoms with E-state index in [-0.39, 0.29) is 0 Å². The van der Waals surface area contributed by atoms with Crippen LogP contribution in [0.4, 0.5) is 26.3 Å². The SMILES string of the molecule is FC(F)(F)c1cccc(C(F)(F)F)c1-n1ccnc1. The topological polar surface area (TPSA) is 17.8 Å². The van der Waals surface area contributed by atoms with Crippen LogP contribution in [0, 0.1) is 0 Å². The molecule has 0 N–H and O–H groups in total. The van der Waals surface area contributed by atoms with E-state index in [4.69, 9.17) is 0 Å². The predicted molar refractivity (Wildman–Crippen MR) is 53.6 cm³/mol. The Kier molecular flexibility index (Phi) is 3.03. The Hall–Kier alpha value is -1.99. The second-order valence-electron chi connectivity index (χ2n) is 3.67. The summed E-state index contributed by atoms with van der Waals surface area (Å²) in [7, 11) is 0. The Bertz CT molecular complexity index is 536. The number of alkyl halides is 6. The highest BCUT2D eigenvalue weighted by Gasteiger charge is 2.41. The molecule has 2 rings (SSSR count). The van der Waals surface area contributed by atoms with Crippen molar-refractivity contribution < 1.29 is 26.3 Å². The normalized spacial score (nSPS) is 12.7. The van der Waals surface area contributed by atoms with E-state index >= 15 is 0 Å². The van der Waals surface area contributed by atoms with Gasteiger partial charge in [-0.25, -0.2) is 4.98 Å². The van der Waals surface area contributed by atoms with Crippen LogP contribution >= 0.6 is 0 Å². The molecular formula is C11H6F6N2. The van der Waals surface area contributed by atoms with Gasteiger partial charge in [0, 0.05) is 12.4 Å². The number of imidazole rings is 1. The first-order valence-corrected chi connectivity index (χ1v) is 4.97. The molecular weight excluding hydrogens is 274 g/mol. The van der Waals surface area contributed by atoms with Crippen molar-refractivity contribution in [1.29, 1.82) is 0 Å². The average Bonchev–Trinajstić information content (AvgIpc) is 2.78. The molecule has 1 aromatic carbocycles. The standard InChI is InChI=1S/C11H6F6N2/c12-10(13,14)7-2-1-3-8(11(15,16)17)9(7)19-5-4-18-6-19/h1-6H. The molecule has 0 saturated carbocycles. The Balaban J connectivity index is 2.78. The van der Waals surface area contributed by atoms with E-state index in [1.165, 1.54) is 0 Å². The molecule has 0 aliphatic carbocycles. The van der Waals surface area contributed by atoms with Gasteiger partial charge in [-0.15, -0.1) is 0 Å². The van der Waals surface area contributed by atoms with Gasteiger partial charge in [0.2, 0.25) is 0 Å². The highest BCUT2D eigenvalue weighted by Crippen LogP contribution is 2.41. The molecule has 0 unspecified atom stereocenters. The molecule has 0 radical (unpaired) electrons. The number of nitrogens with zero attached hydrogens (tertiary/aromatic N) is 2. The minimum absolute atomic E-state index is 0.602. The largest absolute Gasteiger partial charge is 0.418 e. The first-order valence-electron chi connectivity index (χ1n) is 4.97. The molecule has 1 aromatic heterocycles. The van der Waals surface area contributed by atoms with E-state index in [0.29, 0.717) is 16.7 Å². The van der Waals surface area contributed by atoms with Crippen LogP contribution in [0.3, 0.4) is 0 Å². The van der Waals surface area contributed by atoms with Gasteiger partial charge < -0.3 is 4.57 Å². The molecule has 102 valence electrons. The third-order valence-electron chi connectivity index (χ3n) is 2.41. The number of aromatic nitrogens is 2. The summed E-state index contributed by atoms with van der Waals surface area (Å²) in [6.45, 7) is 0. The predicted octanol–water partition coefficient (Wildman–Crippen LogP) is 3.91. The fraction of sp³-hybridized carbons (Fsp3) is 0.182. The van der Waals surface area contributed by atoms with E-state index in [1.807, 2.05) is 0 Å². The van der Waals surface area contributed by atoms with Crippen molar-refractivity contribution >= 4 is 0 Å². The molecule has 0 bridgehead atoms. The number of hydrogen-bond acceptors (Lipinski definition) is 1. The van der Waals surface area contributed by atoms with Gasteiger partial charge in [0.25, 0.3) is 0 Å². The summed E-state index contributed by atoms with van der Waals surface area (Å²) in [6, 6.07) is 1.93. The third kappa shape index (κ3) is 2.56. The molecule has 0 saturated heterocycles. The van der Waals surface area contributed by atoms with Gasteiger partial charge in [-0.2, -0.15) is 26.3 Å².